The molecule has 100 valence electrons. The van der Waals surface area contributed by atoms with Gasteiger partial charge in [-0.15, -0.1) is 0 Å². The first-order valence-corrected chi connectivity index (χ1v) is 7.87. The third-order valence-electron chi connectivity index (χ3n) is 2.34. The van der Waals surface area contributed by atoms with E-state index in [9.17, 15) is 9.59 Å². The summed E-state index contributed by atoms with van der Waals surface area (Å²) in [7, 11) is 0. The van der Waals surface area contributed by atoms with Gasteiger partial charge in [-0.2, -0.15) is 0 Å². The van der Waals surface area contributed by atoms with E-state index in [-0.39, 0.29) is 21.2 Å². The molecule has 1 rings (SSSR count). The van der Waals surface area contributed by atoms with Gasteiger partial charge in [0.2, 0.25) is 0 Å². The number of primary amides is 1. The molecule has 7 heteroatoms. The molecule has 0 radical (unpaired) electrons. The molecule has 1 amide bonds. The molecule has 1 aliphatic rings. The molecule has 0 aliphatic carbocycles. The Hall–Kier alpha value is -1.22. The van der Waals surface area contributed by atoms with Gasteiger partial charge in [-0.3, -0.25) is 0 Å². The summed E-state index contributed by atoms with van der Waals surface area (Å²) in [4.78, 5) is 21.5. The van der Waals surface area contributed by atoms with Crippen LogP contribution in [0.2, 0.25) is 0 Å². The minimum atomic E-state index is -0.976. The zero-order valence-corrected chi connectivity index (χ0v) is 11.9. The fraction of sp³-hybridized carbons (Fsp3) is 0.364. The van der Waals surface area contributed by atoms with Crippen molar-refractivity contribution in [3.8, 4) is 0 Å². The van der Waals surface area contributed by atoms with Gasteiger partial charge in [0.25, 0.3) is 0 Å². The summed E-state index contributed by atoms with van der Waals surface area (Å²) in [6, 6.07) is -0.810. The Morgan fingerprint density at radius 3 is 2.83 bits per heavy atom. The molecule has 1 atom stereocenters. The molecule has 0 fully saturated rings. The second-order valence-corrected chi connectivity index (χ2v) is 5.69. The van der Waals surface area contributed by atoms with Crippen LogP contribution in [0.15, 0.2) is 21.9 Å². The molecule has 1 aliphatic heterocycles. The van der Waals surface area contributed by atoms with Crippen molar-refractivity contribution in [2.24, 2.45) is 11.5 Å². The van der Waals surface area contributed by atoms with E-state index in [1.54, 1.807) is 12.3 Å². The van der Waals surface area contributed by atoms with Gasteiger partial charge in [-0.05, 0) is 0 Å². The number of carbonyl (C=O) groups excluding carboxylic acids is 1. The van der Waals surface area contributed by atoms with Gasteiger partial charge in [-0.25, -0.2) is 0 Å². The van der Waals surface area contributed by atoms with Gasteiger partial charge in [-0.1, -0.05) is 0 Å². The molecule has 0 bridgehead atoms. The van der Waals surface area contributed by atoms with Crippen LogP contribution in [0.25, 0.3) is 0 Å². The number of carboxylic acid groups (broad SMARTS) is 1. The van der Waals surface area contributed by atoms with Crippen LogP contribution < -0.4 is 32.7 Å². The SMILES string of the molecule is NC(=O)C1=C[I-]C=[N+](CCCC(N)C(=O)O)C=C1. The Kier molecular flexibility index (Phi) is 5.99. The van der Waals surface area contributed by atoms with Crippen LogP contribution in [-0.4, -0.2) is 38.4 Å². The van der Waals surface area contributed by atoms with E-state index < -0.39 is 17.9 Å². The van der Waals surface area contributed by atoms with Crippen molar-refractivity contribution in [1.29, 1.82) is 0 Å². The van der Waals surface area contributed by atoms with Gasteiger partial charge in [0.1, 0.15) is 0 Å². The topological polar surface area (TPSA) is 109 Å². The van der Waals surface area contributed by atoms with Gasteiger partial charge < -0.3 is 0 Å². The standard InChI is InChI=1S/C11H16IN3O3/c13-9(11(17)18)2-1-4-15-5-3-8(10(14)16)6-12-7-15/h3,5-7,9H,1-2,4,13H2,(H2,14,16)(H,17,18). The summed E-state index contributed by atoms with van der Waals surface area (Å²) in [6.45, 7) is 0.692. The summed E-state index contributed by atoms with van der Waals surface area (Å²) < 4.78 is 5.84. The second kappa shape index (κ2) is 7.27. The Morgan fingerprint density at radius 1 is 1.50 bits per heavy atom. The van der Waals surface area contributed by atoms with Gasteiger partial charge in [0.15, 0.2) is 0 Å². The first-order valence-electron chi connectivity index (χ1n) is 5.38. The van der Waals surface area contributed by atoms with E-state index in [4.69, 9.17) is 16.6 Å². The molecule has 0 aromatic rings. The summed E-state index contributed by atoms with van der Waals surface area (Å²) >= 11 is -0.345. The summed E-state index contributed by atoms with van der Waals surface area (Å²) in [5.74, 6) is -1.40. The Morgan fingerprint density at radius 2 is 2.22 bits per heavy atom. The predicted octanol–water partition coefficient (Wildman–Crippen LogP) is -3.80. The van der Waals surface area contributed by atoms with Crippen LogP contribution in [-0.2, 0) is 9.59 Å². The average Bonchev–Trinajstić information content (AvgIpc) is 2.54. The van der Waals surface area contributed by atoms with Crippen LogP contribution in [0.5, 0.6) is 0 Å². The van der Waals surface area contributed by atoms with E-state index in [2.05, 4.69) is 0 Å². The van der Waals surface area contributed by atoms with Crippen molar-refractivity contribution in [3.05, 3.63) is 21.9 Å². The molecular weight excluding hydrogens is 349 g/mol. The first kappa shape index (κ1) is 14.8. The number of hydrogen-bond donors (Lipinski definition) is 3. The fourth-order valence-electron chi connectivity index (χ4n) is 1.29. The molecule has 0 saturated carbocycles. The number of halogens is 1. The summed E-state index contributed by atoms with van der Waals surface area (Å²) in [6.07, 6.45) is 4.59. The molecular formula is C11H16IN3O3. The van der Waals surface area contributed by atoms with Crippen LogP contribution >= 0.6 is 0 Å². The quantitative estimate of drug-likeness (QED) is 0.331. The molecule has 5 N–H and O–H groups in total. The maximum absolute atomic E-state index is 11.0. The second-order valence-electron chi connectivity index (χ2n) is 3.79. The number of nitrogens with two attached hydrogens (primary N) is 2. The molecule has 0 aromatic heterocycles. The molecule has 0 aromatic carbocycles. The van der Waals surface area contributed by atoms with Crippen molar-refractivity contribution in [2.45, 2.75) is 18.9 Å². The van der Waals surface area contributed by atoms with Crippen molar-refractivity contribution >= 4 is 16.1 Å². The normalized spacial score (nSPS) is 16.9. The van der Waals surface area contributed by atoms with Crippen molar-refractivity contribution in [2.75, 3.05) is 6.54 Å². The van der Waals surface area contributed by atoms with E-state index >= 15 is 0 Å². The minimum absolute atomic E-state index is 0.345. The van der Waals surface area contributed by atoms with E-state index in [0.29, 0.717) is 25.0 Å². The maximum atomic E-state index is 11.0. The van der Waals surface area contributed by atoms with Crippen molar-refractivity contribution < 1.29 is 40.5 Å². The Labute approximate surface area is 115 Å². The first-order chi connectivity index (χ1) is 8.50. The molecule has 1 unspecified atom stereocenters. The Balaban J connectivity index is 2.42. The number of hydrogen-bond acceptors (Lipinski definition) is 3. The van der Waals surface area contributed by atoms with Crippen LogP contribution in [0, 0.1) is 0 Å². The molecule has 18 heavy (non-hydrogen) atoms. The third-order valence-corrected chi connectivity index (χ3v) is 4.41. The van der Waals surface area contributed by atoms with Crippen molar-refractivity contribution in [3.63, 3.8) is 0 Å². The average molecular weight is 365 g/mol. The monoisotopic (exact) mass is 365 g/mol. The van der Waals surface area contributed by atoms with Gasteiger partial charge >= 0.3 is 115 Å². The number of carbonyl (C=O) groups is 2. The fourth-order valence-corrected chi connectivity index (χ4v) is 3.23. The van der Waals surface area contributed by atoms with Gasteiger partial charge in [0, 0.05) is 0 Å². The number of nitrogens with zero attached hydrogens (tertiary/aromatic N) is 1. The zero-order chi connectivity index (χ0) is 13.5. The number of carboxylic acids is 1. The van der Waals surface area contributed by atoms with E-state index in [1.165, 1.54) is 0 Å². The van der Waals surface area contributed by atoms with Gasteiger partial charge in [0.05, 0.1) is 0 Å². The molecule has 6 nitrogen and oxygen atoms in total. The molecule has 1 heterocycles. The molecule has 0 saturated heterocycles. The predicted molar refractivity (Wildman–Crippen MR) is 62.5 cm³/mol. The van der Waals surface area contributed by atoms with Crippen LogP contribution in [0.3, 0.4) is 0 Å². The number of amides is 1. The number of aliphatic carboxylic acids is 1. The van der Waals surface area contributed by atoms with E-state index in [1.807, 2.05) is 12.9 Å². The summed E-state index contributed by atoms with van der Waals surface area (Å²) in [5.41, 5.74) is 11.1. The zero-order valence-electron chi connectivity index (χ0n) is 9.75. The van der Waals surface area contributed by atoms with E-state index in [0.717, 1.165) is 0 Å². The Bertz CT molecular complexity index is 429. The van der Waals surface area contributed by atoms with Crippen LogP contribution in [0.4, 0.5) is 0 Å². The molecule has 0 spiro atoms. The third kappa shape index (κ3) is 4.96. The van der Waals surface area contributed by atoms with Crippen molar-refractivity contribution in [1.82, 2.24) is 0 Å². The van der Waals surface area contributed by atoms with Crippen LogP contribution in [0.1, 0.15) is 12.8 Å². The number of rotatable bonds is 6. The summed E-state index contributed by atoms with van der Waals surface area (Å²) in [5, 5.41) is 8.65.